The van der Waals surface area contributed by atoms with Crippen LogP contribution in [0.1, 0.15) is 37.3 Å². The Kier molecular flexibility index (Phi) is 4.27. The molecule has 0 aliphatic rings. The molecule has 0 fully saturated rings. The summed E-state index contributed by atoms with van der Waals surface area (Å²) in [6.07, 6.45) is 1.71. The van der Waals surface area contributed by atoms with E-state index >= 15 is 0 Å². The average Bonchev–Trinajstić information content (AvgIpc) is 2.92. The molecule has 0 radical (unpaired) electrons. The zero-order valence-electron chi connectivity index (χ0n) is 12.1. The Morgan fingerprint density at radius 2 is 1.68 bits per heavy atom. The van der Waals surface area contributed by atoms with Crippen LogP contribution in [0, 0.1) is 0 Å². The second-order valence-corrected chi connectivity index (χ2v) is 5.11. The van der Waals surface area contributed by atoms with Gasteiger partial charge in [0, 0.05) is 25.8 Å². The van der Waals surface area contributed by atoms with Crippen LogP contribution in [0.15, 0.2) is 47.1 Å². The number of anilines is 1. The predicted octanol–water partition coefficient (Wildman–Crippen LogP) is 3.76. The summed E-state index contributed by atoms with van der Waals surface area (Å²) >= 11 is 0. The molecule has 0 aliphatic heterocycles. The molecule has 3 nitrogen and oxygen atoms in total. The molecular weight excluding hydrogens is 236 g/mol. The third kappa shape index (κ3) is 3.38. The van der Waals surface area contributed by atoms with E-state index in [9.17, 15) is 0 Å². The minimum Gasteiger partial charge on any atom is -0.468 e. The van der Waals surface area contributed by atoms with E-state index in [2.05, 4.69) is 62.4 Å². The standard InChI is InChI=1S/C16H22N2O/c1-12(17-13(2)16-6-5-11-19-16)14-7-9-15(10-8-14)18(3)4/h5-13,17H,1-4H3/t12?,13-/m1/s1. The molecular formula is C16H22N2O. The van der Waals surface area contributed by atoms with Crippen molar-refractivity contribution in [3.8, 4) is 0 Å². The second kappa shape index (κ2) is 5.93. The van der Waals surface area contributed by atoms with Crippen molar-refractivity contribution in [2.24, 2.45) is 0 Å². The van der Waals surface area contributed by atoms with Gasteiger partial charge in [-0.15, -0.1) is 0 Å². The third-order valence-corrected chi connectivity index (χ3v) is 3.38. The van der Waals surface area contributed by atoms with Crippen LogP contribution < -0.4 is 10.2 Å². The molecule has 1 heterocycles. The highest BCUT2D eigenvalue weighted by molar-refractivity contribution is 5.46. The van der Waals surface area contributed by atoms with E-state index in [0.29, 0.717) is 0 Å². The van der Waals surface area contributed by atoms with Crippen LogP contribution in [0.25, 0.3) is 0 Å². The molecule has 102 valence electrons. The molecule has 0 bridgehead atoms. The first-order valence-electron chi connectivity index (χ1n) is 6.64. The summed E-state index contributed by atoms with van der Waals surface area (Å²) < 4.78 is 5.41. The summed E-state index contributed by atoms with van der Waals surface area (Å²) in [6.45, 7) is 4.29. The van der Waals surface area contributed by atoms with Gasteiger partial charge in [-0.05, 0) is 43.7 Å². The maximum Gasteiger partial charge on any atom is 0.120 e. The Hall–Kier alpha value is -1.74. The highest BCUT2D eigenvalue weighted by Gasteiger charge is 2.12. The van der Waals surface area contributed by atoms with Gasteiger partial charge in [0.1, 0.15) is 5.76 Å². The lowest BCUT2D eigenvalue weighted by Gasteiger charge is -2.20. The highest BCUT2D eigenvalue weighted by Crippen LogP contribution is 2.21. The zero-order valence-corrected chi connectivity index (χ0v) is 12.1. The first kappa shape index (κ1) is 13.7. The number of nitrogens with one attached hydrogen (secondary N) is 1. The fraction of sp³-hybridized carbons (Fsp3) is 0.375. The van der Waals surface area contributed by atoms with Crippen LogP contribution in [0.3, 0.4) is 0 Å². The van der Waals surface area contributed by atoms with Crippen molar-refractivity contribution in [1.82, 2.24) is 5.32 Å². The van der Waals surface area contributed by atoms with Gasteiger partial charge in [0.2, 0.25) is 0 Å². The van der Waals surface area contributed by atoms with Gasteiger partial charge in [0.25, 0.3) is 0 Å². The topological polar surface area (TPSA) is 28.4 Å². The smallest absolute Gasteiger partial charge is 0.120 e. The van der Waals surface area contributed by atoms with E-state index in [-0.39, 0.29) is 12.1 Å². The summed E-state index contributed by atoms with van der Waals surface area (Å²) in [4.78, 5) is 2.10. The molecule has 2 atom stereocenters. The van der Waals surface area contributed by atoms with Crippen LogP contribution in [-0.4, -0.2) is 14.1 Å². The lowest BCUT2D eigenvalue weighted by molar-refractivity contribution is 0.403. The van der Waals surface area contributed by atoms with E-state index in [0.717, 1.165) is 5.76 Å². The van der Waals surface area contributed by atoms with Crippen LogP contribution in [0.5, 0.6) is 0 Å². The Bertz CT molecular complexity index is 488. The average molecular weight is 258 g/mol. The lowest BCUT2D eigenvalue weighted by atomic mass is 10.1. The van der Waals surface area contributed by atoms with E-state index < -0.39 is 0 Å². The van der Waals surface area contributed by atoms with Crippen molar-refractivity contribution >= 4 is 5.69 Å². The summed E-state index contributed by atoms with van der Waals surface area (Å²) in [7, 11) is 4.10. The lowest BCUT2D eigenvalue weighted by Crippen LogP contribution is -2.22. The van der Waals surface area contributed by atoms with Gasteiger partial charge in [0.15, 0.2) is 0 Å². The summed E-state index contributed by atoms with van der Waals surface area (Å²) in [5.41, 5.74) is 2.50. The largest absolute Gasteiger partial charge is 0.468 e. The van der Waals surface area contributed by atoms with Crippen LogP contribution >= 0.6 is 0 Å². The van der Waals surface area contributed by atoms with Crippen molar-refractivity contribution in [2.75, 3.05) is 19.0 Å². The number of rotatable bonds is 5. The van der Waals surface area contributed by atoms with Gasteiger partial charge in [-0.25, -0.2) is 0 Å². The quantitative estimate of drug-likeness (QED) is 0.885. The van der Waals surface area contributed by atoms with Crippen molar-refractivity contribution in [3.63, 3.8) is 0 Å². The van der Waals surface area contributed by atoms with Gasteiger partial charge in [0.05, 0.1) is 12.3 Å². The summed E-state index contributed by atoms with van der Waals surface area (Å²) in [5.74, 6) is 0.969. The molecule has 2 aromatic rings. The number of hydrogen-bond acceptors (Lipinski definition) is 3. The fourth-order valence-corrected chi connectivity index (χ4v) is 2.15. The fourth-order valence-electron chi connectivity index (χ4n) is 2.15. The Balaban J connectivity index is 2.01. The van der Waals surface area contributed by atoms with Crippen molar-refractivity contribution in [3.05, 3.63) is 54.0 Å². The van der Waals surface area contributed by atoms with E-state index in [1.54, 1.807) is 6.26 Å². The third-order valence-electron chi connectivity index (χ3n) is 3.38. The number of nitrogens with zero attached hydrogens (tertiary/aromatic N) is 1. The van der Waals surface area contributed by atoms with Crippen molar-refractivity contribution in [2.45, 2.75) is 25.9 Å². The van der Waals surface area contributed by atoms with Gasteiger partial charge in [-0.1, -0.05) is 12.1 Å². The molecule has 0 aliphatic carbocycles. The van der Waals surface area contributed by atoms with Crippen molar-refractivity contribution in [1.29, 1.82) is 0 Å². The molecule has 0 spiro atoms. The Morgan fingerprint density at radius 3 is 2.21 bits per heavy atom. The molecule has 19 heavy (non-hydrogen) atoms. The molecule has 0 saturated carbocycles. The summed E-state index contributed by atoms with van der Waals surface area (Å²) in [6, 6.07) is 13.0. The maximum atomic E-state index is 5.41. The van der Waals surface area contributed by atoms with Crippen LogP contribution in [0.4, 0.5) is 5.69 Å². The molecule has 1 unspecified atom stereocenters. The van der Waals surface area contributed by atoms with Gasteiger partial charge < -0.3 is 14.6 Å². The summed E-state index contributed by atoms with van der Waals surface area (Å²) in [5, 5.41) is 3.54. The van der Waals surface area contributed by atoms with Crippen LogP contribution in [-0.2, 0) is 0 Å². The van der Waals surface area contributed by atoms with Gasteiger partial charge >= 0.3 is 0 Å². The molecule has 0 saturated heterocycles. The SMILES string of the molecule is CC(N[C@H](C)c1ccco1)c1ccc(N(C)C)cc1. The van der Waals surface area contributed by atoms with Gasteiger partial charge in [-0.2, -0.15) is 0 Å². The first-order valence-corrected chi connectivity index (χ1v) is 6.64. The number of furan rings is 1. The first-order chi connectivity index (χ1) is 9.08. The predicted molar refractivity (Wildman–Crippen MR) is 79.4 cm³/mol. The monoisotopic (exact) mass is 258 g/mol. The normalized spacial score (nSPS) is 14.1. The second-order valence-electron chi connectivity index (χ2n) is 5.11. The van der Waals surface area contributed by atoms with E-state index in [1.807, 2.05) is 12.1 Å². The highest BCUT2D eigenvalue weighted by atomic mass is 16.3. The number of benzene rings is 1. The minimum atomic E-state index is 0.207. The van der Waals surface area contributed by atoms with Crippen LogP contribution in [0.2, 0.25) is 0 Å². The Labute approximate surface area is 115 Å². The molecule has 1 N–H and O–H groups in total. The van der Waals surface area contributed by atoms with Gasteiger partial charge in [-0.3, -0.25) is 0 Å². The molecule has 1 aromatic heterocycles. The van der Waals surface area contributed by atoms with Crippen molar-refractivity contribution < 1.29 is 4.42 Å². The molecule has 3 heteroatoms. The molecule has 0 amide bonds. The van der Waals surface area contributed by atoms with E-state index in [1.165, 1.54) is 11.3 Å². The minimum absolute atomic E-state index is 0.207. The van der Waals surface area contributed by atoms with E-state index in [4.69, 9.17) is 4.42 Å². The Morgan fingerprint density at radius 1 is 1.00 bits per heavy atom. The maximum absolute atomic E-state index is 5.41. The molecule has 2 rings (SSSR count). The zero-order chi connectivity index (χ0) is 13.8. The molecule has 1 aromatic carbocycles. The number of hydrogen-bond donors (Lipinski definition) is 1.